The number of imidazole rings is 1. The van der Waals surface area contributed by atoms with Crippen molar-refractivity contribution in [2.75, 3.05) is 0 Å². The van der Waals surface area contributed by atoms with Crippen LogP contribution in [0.2, 0.25) is 5.02 Å². The van der Waals surface area contributed by atoms with Crippen LogP contribution in [0.1, 0.15) is 17.7 Å². The minimum absolute atomic E-state index is 0.0198. The fourth-order valence-electron chi connectivity index (χ4n) is 2.09. The molecule has 108 valence electrons. The van der Waals surface area contributed by atoms with Crippen LogP contribution in [0.3, 0.4) is 0 Å². The van der Waals surface area contributed by atoms with Gasteiger partial charge in [0, 0.05) is 29.2 Å². The van der Waals surface area contributed by atoms with Crippen molar-refractivity contribution in [1.29, 1.82) is 0 Å². The SMILES string of the molecule is O=C(CCc1cccc(Cl)c1)NCc1cn2ccsc2n1. The number of hydrogen-bond donors (Lipinski definition) is 1. The zero-order valence-corrected chi connectivity index (χ0v) is 12.8. The van der Waals surface area contributed by atoms with E-state index in [9.17, 15) is 4.79 Å². The average Bonchev–Trinajstić information content (AvgIpc) is 3.04. The van der Waals surface area contributed by atoms with Gasteiger partial charge in [-0.1, -0.05) is 23.7 Å². The van der Waals surface area contributed by atoms with Crippen molar-refractivity contribution in [2.24, 2.45) is 0 Å². The number of thiazole rings is 1. The Hall–Kier alpha value is -1.85. The highest BCUT2D eigenvalue weighted by atomic mass is 35.5. The number of aromatic nitrogens is 2. The molecule has 0 aliphatic carbocycles. The lowest BCUT2D eigenvalue weighted by Crippen LogP contribution is -2.23. The van der Waals surface area contributed by atoms with Crippen LogP contribution < -0.4 is 5.32 Å². The number of amides is 1. The highest BCUT2D eigenvalue weighted by Gasteiger charge is 2.06. The molecule has 21 heavy (non-hydrogen) atoms. The van der Waals surface area contributed by atoms with Gasteiger partial charge in [0.1, 0.15) is 0 Å². The van der Waals surface area contributed by atoms with E-state index in [-0.39, 0.29) is 5.91 Å². The third-order valence-electron chi connectivity index (χ3n) is 3.14. The Kier molecular flexibility index (Phi) is 4.22. The molecule has 1 aromatic carbocycles. The summed E-state index contributed by atoms with van der Waals surface area (Å²) in [5.41, 5.74) is 1.94. The first kappa shape index (κ1) is 14.1. The molecule has 2 aromatic heterocycles. The number of nitrogens with one attached hydrogen (secondary N) is 1. The fourth-order valence-corrected chi connectivity index (χ4v) is 3.02. The molecule has 0 aliphatic rings. The summed E-state index contributed by atoms with van der Waals surface area (Å²) in [7, 11) is 0. The minimum Gasteiger partial charge on any atom is -0.350 e. The van der Waals surface area contributed by atoms with Gasteiger partial charge in [-0.2, -0.15) is 0 Å². The summed E-state index contributed by atoms with van der Waals surface area (Å²) < 4.78 is 1.96. The fraction of sp³-hybridized carbons (Fsp3) is 0.200. The second-order valence-corrected chi connectivity index (χ2v) is 6.04. The first-order valence-electron chi connectivity index (χ1n) is 6.63. The van der Waals surface area contributed by atoms with Crippen LogP contribution >= 0.6 is 22.9 Å². The van der Waals surface area contributed by atoms with Crippen molar-refractivity contribution in [1.82, 2.24) is 14.7 Å². The summed E-state index contributed by atoms with van der Waals surface area (Å²) in [6.45, 7) is 0.461. The van der Waals surface area contributed by atoms with Gasteiger partial charge in [-0.15, -0.1) is 11.3 Å². The molecule has 0 spiro atoms. The zero-order valence-electron chi connectivity index (χ0n) is 11.3. The number of rotatable bonds is 5. The van der Waals surface area contributed by atoms with Gasteiger partial charge in [-0.25, -0.2) is 4.98 Å². The van der Waals surface area contributed by atoms with Gasteiger partial charge >= 0.3 is 0 Å². The van der Waals surface area contributed by atoms with E-state index < -0.39 is 0 Å². The lowest BCUT2D eigenvalue weighted by atomic mass is 10.1. The summed E-state index contributed by atoms with van der Waals surface area (Å²) in [6, 6.07) is 7.59. The Labute approximate surface area is 131 Å². The molecule has 0 radical (unpaired) electrons. The number of carbonyl (C=O) groups excluding carboxylic acids is 1. The van der Waals surface area contributed by atoms with Gasteiger partial charge in [-0.3, -0.25) is 9.20 Å². The Morgan fingerprint density at radius 1 is 1.43 bits per heavy atom. The predicted molar refractivity (Wildman–Crippen MR) is 84.7 cm³/mol. The lowest BCUT2D eigenvalue weighted by molar-refractivity contribution is -0.121. The van der Waals surface area contributed by atoms with Gasteiger partial charge in [0.15, 0.2) is 4.96 Å². The van der Waals surface area contributed by atoms with Gasteiger partial charge in [0.2, 0.25) is 5.91 Å². The van der Waals surface area contributed by atoms with E-state index >= 15 is 0 Å². The maximum absolute atomic E-state index is 11.9. The molecule has 2 heterocycles. The molecule has 0 atom stereocenters. The molecule has 3 aromatic rings. The van der Waals surface area contributed by atoms with Crippen molar-refractivity contribution in [3.63, 3.8) is 0 Å². The van der Waals surface area contributed by atoms with Crippen LogP contribution in [0.4, 0.5) is 0 Å². The monoisotopic (exact) mass is 319 g/mol. The van der Waals surface area contributed by atoms with Crippen LogP contribution in [0.25, 0.3) is 4.96 Å². The van der Waals surface area contributed by atoms with Crippen LogP contribution in [0.15, 0.2) is 42.0 Å². The first-order valence-corrected chi connectivity index (χ1v) is 7.89. The van der Waals surface area contributed by atoms with Crippen LogP contribution in [-0.2, 0) is 17.8 Å². The second-order valence-electron chi connectivity index (χ2n) is 4.73. The molecular weight excluding hydrogens is 306 g/mol. The number of aryl methyl sites for hydroxylation is 1. The number of fused-ring (bicyclic) bond motifs is 1. The molecule has 0 bridgehead atoms. The molecule has 6 heteroatoms. The Bertz CT molecular complexity index is 736. The Balaban J connectivity index is 1.49. The van der Waals surface area contributed by atoms with E-state index in [2.05, 4.69) is 10.3 Å². The van der Waals surface area contributed by atoms with Crippen LogP contribution in [-0.4, -0.2) is 15.3 Å². The number of nitrogens with zero attached hydrogens (tertiary/aromatic N) is 2. The van der Waals surface area contributed by atoms with E-state index in [0.717, 1.165) is 16.2 Å². The zero-order chi connectivity index (χ0) is 14.7. The number of carbonyl (C=O) groups is 1. The maximum atomic E-state index is 11.9. The summed E-state index contributed by atoms with van der Waals surface area (Å²) >= 11 is 7.50. The molecule has 0 saturated heterocycles. The molecule has 0 unspecified atom stereocenters. The molecule has 1 amide bonds. The Morgan fingerprint density at radius 2 is 2.33 bits per heavy atom. The highest BCUT2D eigenvalue weighted by molar-refractivity contribution is 7.15. The van der Waals surface area contributed by atoms with Gasteiger partial charge < -0.3 is 5.32 Å². The largest absolute Gasteiger partial charge is 0.350 e. The predicted octanol–water partition coefficient (Wildman–Crippen LogP) is 3.30. The number of benzene rings is 1. The third-order valence-corrected chi connectivity index (χ3v) is 4.15. The number of halogens is 1. The summed E-state index contributed by atoms with van der Waals surface area (Å²) in [6.07, 6.45) is 5.02. The summed E-state index contributed by atoms with van der Waals surface area (Å²) in [4.78, 5) is 17.2. The Morgan fingerprint density at radius 3 is 3.14 bits per heavy atom. The molecule has 0 fully saturated rings. The summed E-state index contributed by atoms with van der Waals surface area (Å²) in [5.74, 6) is 0.0198. The first-order chi connectivity index (χ1) is 10.2. The van der Waals surface area contributed by atoms with Crippen molar-refractivity contribution >= 4 is 33.8 Å². The second kappa shape index (κ2) is 6.28. The standard InChI is InChI=1S/C15H14ClN3OS/c16-12-3-1-2-11(8-12)4-5-14(20)17-9-13-10-19-6-7-21-15(19)18-13/h1-3,6-8,10H,4-5,9H2,(H,17,20). The highest BCUT2D eigenvalue weighted by Crippen LogP contribution is 2.13. The van der Waals surface area contributed by atoms with Crippen molar-refractivity contribution in [2.45, 2.75) is 19.4 Å². The summed E-state index contributed by atoms with van der Waals surface area (Å²) in [5, 5.41) is 5.57. The molecular formula is C15H14ClN3OS. The van der Waals surface area contributed by atoms with Crippen molar-refractivity contribution in [3.05, 3.63) is 58.3 Å². The van der Waals surface area contributed by atoms with Crippen LogP contribution in [0, 0.1) is 0 Å². The van der Waals surface area contributed by atoms with Gasteiger partial charge in [0.25, 0.3) is 0 Å². The van der Waals surface area contributed by atoms with E-state index in [0.29, 0.717) is 24.4 Å². The lowest BCUT2D eigenvalue weighted by Gasteiger charge is -2.04. The molecule has 1 N–H and O–H groups in total. The number of hydrogen-bond acceptors (Lipinski definition) is 3. The van der Waals surface area contributed by atoms with Gasteiger partial charge in [0.05, 0.1) is 12.2 Å². The maximum Gasteiger partial charge on any atom is 0.220 e. The molecule has 0 saturated carbocycles. The van der Waals surface area contributed by atoms with Crippen molar-refractivity contribution in [3.8, 4) is 0 Å². The molecule has 4 nitrogen and oxygen atoms in total. The third kappa shape index (κ3) is 3.62. The molecule has 3 rings (SSSR count). The van der Waals surface area contributed by atoms with E-state index in [4.69, 9.17) is 11.6 Å². The molecule has 0 aliphatic heterocycles. The quantitative estimate of drug-likeness (QED) is 0.784. The normalized spacial score (nSPS) is 10.9. The smallest absolute Gasteiger partial charge is 0.220 e. The van der Waals surface area contributed by atoms with Crippen LogP contribution in [0.5, 0.6) is 0 Å². The van der Waals surface area contributed by atoms with Crippen molar-refractivity contribution < 1.29 is 4.79 Å². The van der Waals surface area contributed by atoms with E-state index in [1.165, 1.54) is 0 Å². The van der Waals surface area contributed by atoms with E-state index in [1.54, 1.807) is 11.3 Å². The average molecular weight is 320 g/mol. The topological polar surface area (TPSA) is 46.4 Å². The van der Waals surface area contributed by atoms with Gasteiger partial charge in [-0.05, 0) is 24.1 Å². The minimum atomic E-state index is 0.0198. The van der Waals surface area contributed by atoms with E-state index in [1.807, 2.05) is 46.4 Å².